The van der Waals surface area contributed by atoms with Gasteiger partial charge >= 0.3 is 48.9 Å². The largest absolute Gasteiger partial charge is 2.00 e. The minimum Gasteiger partial charge on any atom is -0.356 e. The summed E-state index contributed by atoms with van der Waals surface area (Å²) in [6.45, 7) is 0. The standard InChI is InChI=1S/Ba.HNO3.2NO3/c;3*2-1(3)4/h;(H,2,3,4);;/q+2;;2*-1. The van der Waals surface area contributed by atoms with E-state index in [1.54, 1.807) is 0 Å². The van der Waals surface area contributed by atoms with Gasteiger partial charge in [-0.3, -0.25) is 0 Å². The summed E-state index contributed by atoms with van der Waals surface area (Å²) in [4.78, 5) is 24.9. The maximum atomic E-state index is 8.36. The van der Waals surface area contributed by atoms with E-state index in [1.165, 1.54) is 0 Å². The first-order chi connectivity index (χ1) is 5.20. The number of hydrogen-bond donors (Lipinski definition) is 1. The van der Waals surface area contributed by atoms with Crippen LogP contribution in [0.4, 0.5) is 0 Å². The SMILES string of the molecule is O=[N+]([O-])O.O=[N+]([O-])[O-].O=[N+]([O-])[O-].[Ba+2]. The summed E-state index contributed by atoms with van der Waals surface area (Å²) in [6.07, 6.45) is 0. The molecule has 13 heavy (non-hydrogen) atoms. The van der Waals surface area contributed by atoms with Crippen molar-refractivity contribution >= 4 is 48.9 Å². The fraction of sp³-hybridized carbons (Fsp3) is 0. The molecule has 0 aliphatic heterocycles. The molecule has 0 bridgehead atoms. The van der Waals surface area contributed by atoms with Gasteiger partial charge in [0, 0.05) is 0 Å². The summed E-state index contributed by atoms with van der Waals surface area (Å²) in [5.41, 5.74) is 0. The first-order valence-electron chi connectivity index (χ1n) is 1.66. The smallest absolute Gasteiger partial charge is 0.356 e. The average Bonchev–Trinajstić information content (AvgIpc) is 1.54. The van der Waals surface area contributed by atoms with Gasteiger partial charge < -0.3 is 35.9 Å². The van der Waals surface area contributed by atoms with Gasteiger partial charge in [-0.1, -0.05) is 0 Å². The monoisotopic (exact) mass is 325 g/mol. The third-order valence-electron chi connectivity index (χ3n) is 0. The molecule has 0 atom stereocenters. The molecular formula is HBaN3O9. The van der Waals surface area contributed by atoms with Crippen LogP contribution in [0.25, 0.3) is 0 Å². The van der Waals surface area contributed by atoms with Crippen molar-refractivity contribution in [2.24, 2.45) is 0 Å². The maximum absolute atomic E-state index is 8.36. The quantitative estimate of drug-likeness (QED) is 0.323. The summed E-state index contributed by atoms with van der Waals surface area (Å²) in [7, 11) is 0. The Balaban J connectivity index is -0.0000000450. The van der Waals surface area contributed by atoms with Gasteiger partial charge in [0.25, 0.3) is 5.09 Å². The molecule has 0 aromatic heterocycles. The third-order valence-corrected chi connectivity index (χ3v) is 0. The van der Waals surface area contributed by atoms with E-state index < -0.39 is 15.3 Å². The molecule has 0 unspecified atom stereocenters. The van der Waals surface area contributed by atoms with Crippen molar-refractivity contribution in [2.45, 2.75) is 0 Å². The molecule has 0 saturated heterocycles. The molecule has 0 aromatic rings. The van der Waals surface area contributed by atoms with E-state index in [-0.39, 0.29) is 48.9 Å². The van der Waals surface area contributed by atoms with Gasteiger partial charge in [0.05, 0.1) is 10.2 Å². The molecule has 0 fully saturated rings. The predicted octanol–water partition coefficient (Wildman–Crippen LogP) is -1.21. The summed E-state index contributed by atoms with van der Waals surface area (Å²) in [6, 6.07) is 0. The summed E-state index contributed by atoms with van der Waals surface area (Å²) in [5, 5.41) is 43.1. The Hall–Kier alpha value is -0.829. The molecular weight excluding hydrogens is 323 g/mol. The Morgan fingerprint density at radius 3 is 0.769 bits per heavy atom. The summed E-state index contributed by atoms with van der Waals surface area (Å²) >= 11 is 0. The van der Waals surface area contributed by atoms with Crippen molar-refractivity contribution in [1.82, 2.24) is 0 Å². The Kier molecular flexibility index (Phi) is 30.3. The molecule has 72 valence electrons. The molecule has 13 heteroatoms. The molecule has 12 nitrogen and oxygen atoms in total. The second kappa shape index (κ2) is 17.3. The predicted molar refractivity (Wildman–Crippen MR) is 35.3 cm³/mol. The molecule has 0 rings (SSSR count). The Labute approximate surface area is 109 Å². The van der Waals surface area contributed by atoms with E-state index in [4.69, 9.17) is 46.0 Å². The van der Waals surface area contributed by atoms with E-state index in [2.05, 4.69) is 0 Å². The van der Waals surface area contributed by atoms with Crippen molar-refractivity contribution in [2.75, 3.05) is 0 Å². The van der Waals surface area contributed by atoms with Crippen LogP contribution in [-0.2, 0) is 0 Å². The molecule has 0 aliphatic carbocycles. The Bertz CT molecular complexity index is 112. The van der Waals surface area contributed by atoms with Crippen LogP contribution in [0.5, 0.6) is 0 Å². The molecule has 1 N–H and O–H groups in total. The number of hydrogen-bond acceptors (Lipinski definition) is 8. The van der Waals surface area contributed by atoms with Crippen LogP contribution in [0.2, 0.25) is 0 Å². The van der Waals surface area contributed by atoms with Crippen molar-refractivity contribution in [3.8, 4) is 0 Å². The van der Waals surface area contributed by atoms with Crippen LogP contribution < -0.4 is 0 Å². The van der Waals surface area contributed by atoms with E-state index >= 15 is 0 Å². The van der Waals surface area contributed by atoms with Crippen LogP contribution in [0.3, 0.4) is 0 Å². The van der Waals surface area contributed by atoms with E-state index in [1.807, 2.05) is 0 Å². The Morgan fingerprint density at radius 2 is 0.769 bits per heavy atom. The van der Waals surface area contributed by atoms with Gasteiger partial charge in [0.1, 0.15) is 0 Å². The van der Waals surface area contributed by atoms with Crippen LogP contribution >= 0.6 is 0 Å². The zero-order chi connectivity index (χ0) is 10.7. The van der Waals surface area contributed by atoms with E-state index in [9.17, 15) is 0 Å². The molecule has 0 aliphatic rings. The minimum absolute atomic E-state index is 0. The second-order valence-electron chi connectivity index (χ2n) is 0.685. The van der Waals surface area contributed by atoms with E-state index in [0.717, 1.165) is 0 Å². The van der Waals surface area contributed by atoms with Gasteiger partial charge in [-0.25, -0.2) is 0 Å². The van der Waals surface area contributed by atoms with Gasteiger partial charge in [-0.05, 0) is 0 Å². The van der Waals surface area contributed by atoms with Crippen molar-refractivity contribution in [3.63, 3.8) is 0 Å². The van der Waals surface area contributed by atoms with Crippen molar-refractivity contribution < 1.29 is 20.5 Å². The summed E-state index contributed by atoms with van der Waals surface area (Å²) in [5.74, 6) is 0. The third kappa shape index (κ3) is 1370. The van der Waals surface area contributed by atoms with E-state index in [0.29, 0.717) is 0 Å². The van der Waals surface area contributed by atoms with Crippen molar-refractivity contribution in [1.29, 1.82) is 0 Å². The van der Waals surface area contributed by atoms with Crippen LogP contribution in [0.1, 0.15) is 0 Å². The van der Waals surface area contributed by atoms with Gasteiger partial charge in [-0.15, -0.1) is 10.1 Å². The fourth-order valence-electron chi connectivity index (χ4n) is 0. The van der Waals surface area contributed by atoms with Crippen LogP contribution in [0.15, 0.2) is 0 Å². The molecule has 0 saturated carbocycles. The first kappa shape index (κ1) is 22.7. The zero-order valence-corrected chi connectivity index (χ0v) is 10.2. The van der Waals surface area contributed by atoms with Gasteiger partial charge in [0.2, 0.25) is 0 Å². The van der Waals surface area contributed by atoms with Crippen LogP contribution in [-0.4, -0.2) is 69.3 Å². The van der Waals surface area contributed by atoms with Gasteiger partial charge in [0.15, 0.2) is 0 Å². The van der Waals surface area contributed by atoms with Crippen molar-refractivity contribution in [3.05, 3.63) is 40.8 Å². The first-order valence-corrected chi connectivity index (χ1v) is 1.66. The second-order valence-corrected chi connectivity index (χ2v) is 0.685. The molecule has 0 spiro atoms. The molecule has 0 radical (unpaired) electrons. The summed E-state index contributed by atoms with van der Waals surface area (Å²) < 4.78 is 0. The number of rotatable bonds is 0. The Morgan fingerprint density at radius 1 is 0.769 bits per heavy atom. The zero-order valence-electron chi connectivity index (χ0n) is 5.76. The molecule has 0 amide bonds. The normalized spacial score (nSPS) is 5.54. The van der Waals surface area contributed by atoms with Crippen LogP contribution in [0, 0.1) is 40.8 Å². The average molecular weight is 324 g/mol. The minimum atomic E-state index is -1.75. The topological polar surface area (TPSA) is 196 Å². The number of nitrogens with zero attached hydrogens (tertiary/aromatic N) is 3. The molecule has 0 heterocycles. The maximum Gasteiger partial charge on any atom is 2.00 e. The molecule has 0 aromatic carbocycles. The van der Waals surface area contributed by atoms with Gasteiger partial charge in [-0.2, -0.15) is 0 Å². The fourth-order valence-corrected chi connectivity index (χ4v) is 0.